The summed E-state index contributed by atoms with van der Waals surface area (Å²) in [5, 5.41) is 14.2. The lowest BCUT2D eigenvalue weighted by Crippen LogP contribution is -2.46. The molecule has 16 nitrogen and oxygen atoms in total. The van der Waals surface area contributed by atoms with E-state index in [4.69, 9.17) is 52.4 Å². The molecule has 1 N–H and O–H groups in total. The maximum Gasteiger partial charge on any atom is 0.341 e. The van der Waals surface area contributed by atoms with Crippen LogP contribution in [-0.2, 0) is 50.1 Å². The van der Waals surface area contributed by atoms with Crippen LogP contribution in [0.25, 0.3) is 42.7 Å². The minimum Gasteiger partial charge on any atom is -0.491 e. The molecule has 10 aromatic rings. The van der Waals surface area contributed by atoms with Gasteiger partial charge in [-0.3, -0.25) is 38.5 Å². The van der Waals surface area contributed by atoms with Crippen molar-refractivity contribution < 1.29 is 37.7 Å². The van der Waals surface area contributed by atoms with Crippen molar-refractivity contribution >= 4 is 78.2 Å². The number of carbonyl (C=O) groups is 2. The topological polar surface area (TPSA) is 184 Å². The molecule has 2 aliphatic heterocycles. The highest BCUT2D eigenvalue weighted by molar-refractivity contribution is 7.18. The zero-order valence-corrected chi connectivity index (χ0v) is 56.5. The SMILES string of the molecule is Cc1cc(-c2cc(Cl)ccc2OCCn2c(COC(=O)c3csc4c(-c5cc(Cl)ccc5OCCn5c(C)nc6c(c5=O)C[C@H](N5CCCC[C@@H]5c5cccc(F)c5)CC6)cc(C)nc34)nc3c(c2=O)C[C@H](N2CCCC[C@H]2c2cccc(F)c2)CC3)c2scc(C(=O)O)c2n1. The number of esters is 1. The van der Waals surface area contributed by atoms with E-state index in [1.807, 2.05) is 44.2 Å². The van der Waals surface area contributed by atoms with Crippen LogP contribution in [0, 0.1) is 32.4 Å². The predicted molar refractivity (Wildman–Crippen MR) is 369 cm³/mol. The molecule has 6 aromatic heterocycles. The lowest BCUT2D eigenvalue weighted by Gasteiger charge is -2.43. The lowest BCUT2D eigenvalue weighted by molar-refractivity contribution is 0.0456. The van der Waals surface area contributed by atoms with Gasteiger partial charge in [-0.25, -0.2) is 28.3 Å². The monoisotopic (exact) mass is 1370 g/mol. The predicted octanol–water partition coefficient (Wildman–Crippen LogP) is 15.2. The number of thiophene rings is 2. The number of likely N-dealkylation sites (tertiary alicyclic amines) is 2. The molecule has 22 heteroatoms. The molecular weight excluding hydrogens is 1300 g/mol. The number of aromatic carboxylic acids is 1. The molecule has 0 unspecified atom stereocenters. The van der Waals surface area contributed by atoms with Gasteiger partial charge in [0.2, 0.25) is 0 Å². The first-order valence-electron chi connectivity index (χ1n) is 32.8. The minimum absolute atomic E-state index is 0.00644. The van der Waals surface area contributed by atoms with Gasteiger partial charge in [-0.05, 0) is 182 Å². The third-order valence-corrected chi connectivity index (χ3v) is 21.9. The quantitative estimate of drug-likeness (QED) is 0.0800. The van der Waals surface area contributed by atoms with Crippen LogP contribution >= 0.6 is 45.9 Å². The maximum absolute atomic E-state index is 15.3. The molecule has 96 heavy (non-hydrogen) atoms. The summed E-state index contributed by atoms with van der Waals surface area (Å²) in [6.07, 6.45) is 9.69. The molecule has 2 fully saturated rings. The standard InChI is InChI=1S/C74H70Cl2F2N8O8S2/c1-41-30-54(69-67(79-41)58(39-95-69)73(89)90)52-34-46(75)17-23-65(52)93-29-27-86-66(82-61-21-19-51(37-57(61)72(86)88)85-25-7-5-15-63(85)45-11-9-13-49(78)33-45)38-94-74(91)59-40-96-70-55(31-42(2)80-68(59)70)53-35-47(76)16-22-64(53)92-28-26-83-43(3)81-60-20-18-50(36-56(60)71(83)87)84-24-6-4-14-62(84)44-10-8-12-48(77)32-44/h8-13,16-17,22-23,30-35,39-40,50-51,62-63H,4-7,14-15,18-21,24-29,36-38H2,1-3H3,(H,89,90)/t50-,51-,62-,63+/m1/s1. The van der Waals surface area contributed by atoms with Gasteiger partial charge < -0.3 is 19.3 Å². The molecule has 8 heterocycles. The average Bonchev–Trinajstić information content (AvgIpc) is 1.60. The molecule has 0 bridgehead atoms. The van der Waals surface area contributed by atoms with E-state index in [2.05, 4.69) is 14.8 Å². The van der Waals surface area contributed by atoms with Gasteiger partial charge in [0.25, 0.3) is 11.1 Å². The summed E-state index contributed by atoms with van der Waals surface area (Å²) in [6, 6.07) is 28.2. The Balaban J connectivity index is 0.719. The van der Waals surface area contributed by atoms with Gasteiger partial charge >= 0.3 is 11.9 Å². The molecule has 2 saturated heterocycles. The highest BCUT2D eigenvalue weighted by Gasteiger charge is 2.37. The van der Waals surface area contributed by atoms with E-state index in [-0.39, 0.29) is 96.8 Å². The number of hydrogen-bond donors (Lipinski definition) is 1. The Hall–Kier alpha value is -8.24. The van der Waals surface area contributed by atoms with E-state index < -0.39 is 11.9 Å². The van der Waals surface area contributed by atoms with Crippen LogP contribution in [0.3, 0.4) is 0 Å². The number of carboxylic acids is 1. The van der Waals surface area contributed by atoms with Gasteiger partial charge in [-0.2, -0.15) is 0 Å². The number of carbonyl (C=O) groups excluding carboxylic acids is 1. The van der Waals surface area contributed by atoms with Crippen molar-refractivity contribution in [3.63, 3.8) is 0 Å². The van der Waals surface area contributed by atoms with E-state index in [1.54, 1.807) is 76.8 Å². The second-order valence-electron chi connectivity index (χ2n) is 25.5. The van der Waals surface area contributed by atoms with Crippen LogP contribution in [0.5, 0.6) is 11.5 Å². The van der Waals surface area contributed by atoms with Crippen LogP contribution < -0.4 is 20.6 Å². The van der Waals surface area contributed by atoms with Crippen LogP contribution in [0.1, 0.15) is 141 Å². The second kappa shape index (κ2) is 27.7. The Morgan fingerprint density at radius 3 is 1.62 bits per heavy atom. The fourth-order valence-electron chi connectivity index (χ4n) is 15.0. The molecule has 0 saturated carbocycles. The van der Waals surface area contributed by atoms with E-state index in [1.165, 1.54) is 39.4 Å². The number of ether oxygens (including phenoxy) is 3. The molecule has 14 rings (SSSR count). The zero-order chi connectivity index (χ0) is 66.5. The van der Waals surface area contributed by atoms with Gasteiger partial charge in [0.15, 0.2) is 0 Å². The molecule has 4 aromatic carbocycles. The fraction of sp³-hybridized carbons (Fsp3) is 0.351. The van der Waals surface area contributed by atoms with Crippen molar-refractivity contribution in [2.24, 2.45) is 0 Å². The second-order valence-corrected chi connectivity index (χ2v) is 28.1. The first kappa shape index (κ1) is 65.1. The van der Waals surface area contributed by atoms with E-state index in [0.29, 0.717) is 113 Å². The first-order chi connectivity index (χ1) is 46.5. The van der Waals surface area contributed by atoms with E-state index >= 15 is 4.79 Å². The van der Waals surface area contributed by atoms with Crippen LogP contribution in [0.15, 0.2) is 117 Å². The molecule has 2 aliphatic carbocycles. The Kier molecular flexibility index (Phi) is 18.8. The summed E-state index contributed by atoms with van der Waals surface area (Å²) in [4.78, 5) is 81.1. The van der Waals surface area contributed by atoms with Gasteiger partial charge in [0.05, 0.1) is 56.0 Å². The highest BCUT2D eigenvalue weighted by atomic mass is 35.5. The largest absolute Gasteiger partial charge is 0.491 e. The number of piperidine rings is 2. The van der Waals surface area contributed by atoms with E-state index in [9.17, 15) is 28.3 Å². The van der Waals surface area contributed by atoms with Crippen LogP contribution in [0.4, 0.5) is 8.78 Å². The van der Waals surface area contributed by atoms with Crippen LogP contribution in [0.2, 0.25) is 10.0 Å². The molecule has 494 valence electrons. The lowest BCUT2D eigenvalue weighted by atomic mass is 9.86. The number of pyridine rings is 2. The molecule has 4 aliphatic rings. The number of carboxylic acid groups (broad SMARTS) is 1. The third kappa shape index (κ3) is 13.1. The van der Waals surface area contributed by atoms with Crippen molar-refractivity contribution in [3.05, 3.63) is 218 Å². The normalized spacial score (nSPS) is 18.3. The van der Waals surface area contributed by atoms with Crippen molar-refractivity contribution in [2.75, 3.05) is 26.3 Å². The Bertz CT molecular complexity index is 4820. The molecule has 0 spiro atoms. The first-order valence-corrected chi connectivity index (χ1v) is 35.3. The molecule has 0 amide bonds. The Labute approximate surface area is 571 Å². The third-order valence-electron chi connectivity index (χ3n) is 19.5. The number of fused-ring (bicyclic) bond motifs is 4. The van der Waals surface area contributed by atoms with Gasteiger partial charge in [0, 0.05) is 89.7 Å². The Morgan fingerprint density at radius 1 is 0.594 bits per heavy atom. The fourth-order valence-corrected chi connectivity index (χ4v) is 17.4. The average molecular weight is 1370 g/mol. The smallest absolute Gasteiger partial charge is 0.341 e. The number of hydrogen-bond acceptors (Lipinski definition) is 15. The van der Waals surface area contributed by atoms with Gasteiger partial charge in [0.1, 0.15) is 54.6 Å². The summed E-state index contributed by atoms with van der Waals surface area (Å²) in [6.45, 7) is 7.19. The number of benzene rings is 4. The number of rotatable bonds is 18. The number of halogens is 4. The van der Waals surface area contributed by atoms with Gasteiger partial charge in [-0.15, -0.1) is 22.7 Å². The summed E-state index contributed by atoms with van der Waals surface area (Å²) < 4.78 is 53.1. The van der Waals surface area contributed by atoms with Crippen molar-refractivity contribution in [1.82, 2.24) is 38.9 Å². The van der Waals surface area contributed by atoms with Gasteiger partial charge in [-0.1, -0.05) is 60.3 Å². The molecular formula is C74H70Cl2F2N8O8S2. The molecule has 4 atom stereocenters. The molecule has 0 radical (unpaired) electrons. The maximum atomic E-state index is 15.3. The highest BCUT2D eigenvalue weighted by Crippen LogP contribution is 2.44. The van der Waals surface area contributed by atoms with Crippen molar-refractivity contribution in [2.45, 2.75) is 142 Å². The summed E-state index contributed by atoms with van der Waals surface area (Å²) in [5.74, 6) is -0.489. The number of aryl methyl sites for hydroxylation is 5. The Morgan fingerprint density at radius 2 is 1.09 bits per heavy atom. The summed E-state index contributed by atoms with van der Waals surface area (Å²) in [5.41, 5.74) is 9.29. The van der Waals surface area contributed by atoms with E-state index in [0.717, 1.165) is 92.4 Å². The number of nitrogens with zero attached hydrogens (tertiary/aromatic N) is 8. The van der Waals surface area contributed by atoms with Crippen LogP contribution in [-0.4, -0.2) is 94.3 Å². The van der Waals surface area contributed by atoms with Crippen molar-refractivity contribution in [3.8, 4) is 33.8 Å². The number of aromatic nitrogens is 6. The van der Waals surface area contributed by atoms with Crippen molar-refractivity contribution in [1.29, 1.82) is 0 Å². The zero-order valence-electron chi connectivity index (χ0n) is 53.3. The minimum atomic E-state index is -1.09. The summed E-state index contributed by atoms with van der Waals surface area (Å²) >= 11 is 16.0. The summed E-state index contributed by atoms with van der Waals surface area (Å²) in [7, 11) is 0.